The van der Waals surface area contributed by atoms with Crippen LogP contribution in [0.5, 0.6) is 0 Å². The number of hydrogen-bond acceptors (Lipinski definition) is 7. The summed E-state index contributed by atoms with van der Waals surface area (Å²) in [5.74, 6) is -2.35. The Hall–Kier alpha value is -2.14. The van der Waals surface area contributed by atoms with E-state index >= 15 is 0 Å². The van der Waals surface area contributed by atoms with Gasteiger partial charge in [-0.1, -0.05) is 33.8 Å². The maximum Gasteiger partial charge on any atom is 0.475 e. The zero-order valence-electron chi connectivity index (χ0n) is 20.6. The molecule has 0 saturated carbocycles. The number of nitrogens with zero attached hydrogens (tertiary/aromatic N) is 2. The second-order valence-corrected chi connectivity index (χ2v) is 9.48. The number of nitriles is 1. The molecule has 35 heavy (non-hydrogen) atoms. The van der Waals surface area contributed by atoms with E-state index < -0.39 is 50.2 Å². The summed E-state index contributed by atoms with van der Waals surface area (Å²) in [5, 5.41) is 32.8. The van der Waals surface area contributed by atoms with Gasteiger partial charge in [-0.15, -0.1) is 0 Å². The molecule has 4 N–H and O–H groups in total. The fraction of sp³-hybridized carbons (Fsp3) is 0.773. The number of halogens is 3. The number of alkyl halides is 3. The third-order valence-electron chi connectivity index (χ3n) is 5.36. The normalized spacial score (nSPS) is 18.5. The van der Waals surface area contributed by atoms with E-state index in [1.807, 2.05) is 19.9 Å². The summed E-state index contributed by atoms with van der Waals surface area (Å²) in [4.78, 5) is 26.9. The highest BCUT2D eigenvalue weighted by atomic mass is 19.4. The van der Waals surface area contributed by atoms with Gasteiger partial charge in [-0.3, -0.25) is 14.9 Å². The van der Waals surface area contributed by atoms with E-state index in [9.17, 15) is 38.1 Å². The molecule has 1 heterocycles. The van der Waals surface area contributed by atoms with E-state index in [2.05, 4.69) is 10.6 Å². The van der Waals surface area contributed by atoms with E-state index in [-0.39, 0.29) is 36.5 Å². The van der Waals surface area contributed by atoms with E-state index in [0.717, 1.165) is 0 Å². The predicted molar refractivity (Wildman–Crippen MR) is 124 cm³/mol. The first-order valence-corrected chi connectivity index (χ1v) is 11.7. The van der Waals surface area contributed by atoms with Crippen molar-refractivity contribution in [1.82, 2.24) is 15.5 Å². The fourth-order valence-corrected chi connectivity index (χ4v) is 3.76. The SMILES string of the molecule is CC(C)C=C(C#N)C(=O)N1CCCC1COCC(NCC(F)(F)F)C(=O)N[C@@H](CC(C)C)B(O)O. The van der Waals surface area contributed by atoms with Gasteiger partial charge in [0.2, 0.25) is 5.91 Å². The average Bonchev–Trinajstić information content (AvgIpc) is 3.20. The van der Waals surface area contributed by atoms with Crippen LogP contribution in [-0.4, -0.2) is 84.4 Å². The Labute approximate surface area is 204 Å². The lowest BCUT2D eigenvalue weighted by Crippen LogP contribution is -2.56. The molecule has 3 atom stereocenters. The summed E-state index contributed by atoms with van der Waals surface area (Å²) in [6.07, 6.45) is -1.52. The minimum Gasteiger partial charge on any atom is -0.426 e. The third-order valence-corrected chi connectivity index (χ3v) is 5.36. The highest BCUT2D eigenvalue weighted by molar-refractivity contribution is 6.43. The first-order valence-electron chi connectivity index (χ1n) is 11.7. The first kappa shape index (κ1) is 30.9. The van der Waals surface area contributed by atoms with Gasteiger partial charge < -0.3 is 25.0 Å². The highest BCUT2D eigenvalue weighted by Gasteiger charge is 2.34. The number of hydrogen-bond donors (Lipinski definition) is 4. The molecular formula is C22H36BF3N4O5. The molecule has 1 fully saturated rings. The Morgan fingerprint density at radius 3 is 2.46 bits per heavy atom. The molecule has 1 aliphatic heterocycles. The van der Waals surface area contributed by atoms with Crippen LogP contribution in [0.1, 0.15) is 47.0 Å². The molecule has 0 spiro atoms. The second kappa shape index (κ2) is 14.4. The van der Waals surface area contributed by atoms with Crippen molar-refractivity contribution in [2.45, 2.75) is 71.2 Å². The molecule has 1 saturated heterocycles. The van der Waals surface area contributed by atoms with Crippen molar-refractivity contribution >= 4 is 18.9 Å². The number of amides is 2. The Balaban J connectivity index is 2.83. The molecule has 0 aromatic rings. The molecule has 2 unspecified atom stereocenters. The molecule has 9 nitrogen and oxygen atoms in total. The van der Waals surface area contributed by atoms with Crippen molar-refractivity contribution in [3.8, 4) is 6.07 Å². The Morgan fingerprint density at radius 1 is 1.29 bits per heavy atom. The van der Waals surface area contributed by atoms with Gasteiger partial charge >= 0.3 is 13.3 Å². The summed E-state index contributed by atoms with van der Waals surface area (Å²) >= 11 is 0. The summed E-state index contributed by atoms with van der Waals surface area (Å²) in [7, 11) is -1.88. The minimum absolute atomic E-state index is 0.00171. The van der Waals surface area contributed by atoms with Crippen LogP contribution in [0.4, 0.5) is 13.2 Å². The van der Waals surface area contributed by atoms with Crippen LogP contribution < -0.4 is 10.6 Å². The first-order chi connectivity index (χ1) is 16.2. The van der Waals surface area contributed by atoms with Crippen LogP contribution in [0.15, 0.2) is 11.6 Å². The second-order valence-electron chi connectivity index (χ2n) is 9.48. The van der Waals surface area contributed by atoms with Crippen molar-refractivity contribution in [3.63, 3.8) is 0 Å². The largest absolute Gasteiger partial charge is 0.475 e. The van der Waals surface area contributed by atoms with Crippen LogP contribution >= 0.6 is 0 Å². The molecule has 0 bridgehead atoms. The number of rotatable bonds is 13. The van der Waals surface area contributed by atoms with Crippen molar-refractivity contribution < 1.29 is 37.5 Å². The van der Waals surface area contributed by atoms with Gasteiger partial charge in [-0.05, 0) is 31.1 Å². The summed E-state index contributed by atoms with van der Waals surface area (Å²) in [6.45, 7) is 5.81. The van der Waals surface area contributed by atoms with Crippen molar-refractivity contribution in [1.29, 1.82) is 5.26 Å². The number of allylic oxidation sites excluding steroid dienone is 1. The lowest BCUT2D eigenvalue weighted by molar-refractivity contribution is -0.135. The molecule has 0 aromatic heterocycles. The van der Waals surface area contributed by atoms with Crippen LogP contribution in [0.2, 0.25) is 0 Å². The zero-order valence-corrected chi connectivity index (χ0v) is 20.6. The molecule has 198 valence electrons. The Morgan fingerprint density at radius 2 is 1.94 bits per heavy atom. The van der Waals surface area contributed by atoms with Gasteiger partial charge in [0.05, 0.1) is 31.7 Å². The molecule has 0 aliphatic carbocycles. The molecule has 1 aliphatic rings. The number of nitrogens with one attached hydrogen (secondary N) is 2. The van der Waals surface area contributed by atoms with Crippen LogP contribution in [0.25, 0.3) is 0 Å². The molecule has 13 heteroatoms. The summed E-state index contributed by atoms with van der Waals surface area (Å²) in [6, 6.07) is 0.115. The van der Waals surface area contributed by atoms with E-state index in [1.54, 1.807) is 19.9 Å². The van der Waals surface area contributed by atoms with Crippen LogP contribution in [0.3, 0.4) is 0 Å². The fourth-order valence-electron chi connectivity index (χ4n) is 3.76. The number of carbonyl (C=O) groups excluding carboxylic acids is 2. The molecule has 0 aromatic carbocycles. The maximum atomic E-state index is 12.8. The van der Waals surface area contributed by atoms with Crippen molar-refractivity contribution in [3.05, 3.63) is 11.6 Å². The van der Waals surface area contributed by atoms with E-state index in [1.165, 1.54) is 4.90 Å². The van der Waals surface area contributed by atoms with Crippen LogP contribution in [0, 0.1) is 23.2 Å². The quantitative estimate of drug-likeness (QED) is 0.168. The molecule has 0 radical (unpaired) electrons. The number of likely N-dealkylation sites (tertiary alicyclic amines) is 1. The summed E-state index contributed by atoms with van der Waals surface area (Å²) in [5.41, 5.74) is 0.0229. The predicted octanol–water partition coefficient (Wildman–Crippen LogP) is 1.16. The van der Waals surface area contributed by atoms with Gasteiger partial charge in [-0.2, -0.15) is 18.4 Å². The van der Waals surface area contributed by atoms with Crippen molar-refractivity contribution in [2.75, 3.05) is 26.3 Å². The van der Waals surface area contributed by atoms with E-state index in [4.69, 9.17) is 4.74 Å². The van der Waals surface area contributed by atoms with Gasteiger partial charge in [0.1, 0.15) is 17.7 Å². The monoisotopic (exact) mass is 504 g/mol. The lowest BCUT2D eigenvalue weighted by atomic mass is 9.75. The smallest absolute Gasteiger partial charge is 0.426 e. The zero-order chi connectivity index (χ0) is 26.8. The lowest BCUT2D eigenvalue weighted by Gasteiger charge is -2.27. The third kappa shape index (κ3) is 11.4. The topological polar surface area (TPSA) is 135 Å². The van der Waals surface area contributed by atoms with Gasteiger partial charge in [-0.25, -0.2) is 0 Å². The standard InChI is InChI=1S/C22H36BF3N4O5/c1-14(2)8-16(10-27)21(32)30-7-5-6-17(30)11-35-12-18(28-13-22(24,25)26)20(31)29-19(23(33)34)9-15(3)4/h8,14-15,17-19,28,33-34H,5-7,9,11-13H2,1-4H3,(H,29,31)/t17?,18?,19-/m0/s1. The highest BCUT2D eigenvalue weighted by Crippen LogP contribution is 2.21. The maximum absolute atomic E-state index is 12.8. The number of carbonyl (C=O) groups is 2. The van der Waals surface area contributed by atoms with Gasteiger partial charge in [0.25, 0.3) is 5.91 Å². The Kier molecular flexibility index (Phi) is 12.7. The van der Waals surface area contributed by atoms with E-state index in [0.29, 0.717) is 19.4 Å². The van der Waals surface area contributed by atoms with Crippen molar-refractivity contribution in [2.24, 2.45) is 11.8 Å². The molecule has 2 amide bonds. The molecular weight excluding hydrogens is 468 g/mol. The summed E-state index contributed by atoms with van der Waals surface area (Å²) < 4.78 is 43.8. The van der Waals surface area contributed by atoms with Gasteiger partial charge in [0, 0.05) is 6.54 Å². The molecule has 1 rings (SSSR count). The minimum atomic E-state index is -4.57. The average molecular weight is 504 g/mol. The number of ether oxygens (including phenoxy) is 1. The van der Waals surface area contributed by atoms with Gasteiger partial charge in [0.15, 0.2) is 0 Å². The van der Waals surface area contributed by atoms with Crippen LogP contribution in [-0.2, 0) is 14.3 Å². The Bertz CT molecular complexity index is 771.